The second-order valence-electron chi connectivity index (χ2n) is 6.77. The summed E-state index contributed by atoms with van der Waals surface area (Å²) in [6.45, 7) is 7.59. The third-order valence-corrected chi connectivity index (χ3v) is 4.15. The van der Waals surface area contributed by atoms with Gasteiger partial charge in [0.1, 0.15) is 6.20 Å². The highest BCUT2D eigenvalue weighted by Crippen LogP contribution is 2.26. The van der Waals surface area contributed by atoms with Crippen LogP contribution in [0.4, 0.5) is 0 Å². The van der Waals surface area contributed by atoms with Crippen molar-refractivity contribution in [3.05, 3.63) is 59.3 Å². The van der Waals surface area contributed by atoms with Crippen LogP contribution in [0.5, 0.6) is 5.75 Å². The molecular formula is C21H25N2O2. The SMILES string of the molecule is CCCCOc1[c]n(CC(C)C)c(=O)c2ccc(-n3cccc3)cc12. The van der Waals surface area contributed by atoms with Gasteiger partial charge in [-0.1, -0.05) is 27.2 Å². The number of benzene rings is 1. The molecule has 4 nitrogen and oxygen atoms in total. The zero-order chi connectivity index (χ0) is 17.8. The largest absolute Gasteiger partial charge is 0.491 e. The lowest BCUT2D eigenvalue weighted by molar-refractivity contribution is 0.308. The maximum absolute atomic E-state index is 12.8. The number of rotatable bonds is 7. The first-order chi connectivity index (χ1) is 12.1. The van der Waals surface area contributed by atoms with Gasteiger partial charge in [-0.05, 0) is 42.7 Å². The lowest BCUT2D eigenvalue weighted by atomic mass is 10.1. The lowest BCUT2D eigenvalue weighted by Crippen LogP contribution is -2.23. The molecule has 2 heterocycles. The monoisotopic (exact) mass is 337 g/mol. The minimum absolute atomic E-state index is 0.00871. The van der Waals surface area contributed by atoms with Crippen molar-refractivity contribution < 1.29 is 4.74 Å². The molecular weight excluding hydrogens is 312 g/mol. The fraction of sp³-hybridized carbons (Fsp3) is 0.381. The molecule has 3 rings (SSSR count). The number of fused-ring (bicyclic) bond motifs is 1. The Morgan fingerprint density at radius 3 is 2.60 bits per heavy atom. The number of hydrogen-bond donors (Lipinski definition) is 0. The zero-order valence-electron chi connectivity index (χ0n) is 15.2. The van der Waals surface area contributed by atoms with E-state index < -0.39 is 0 Å². The summed E-state index contributed by atoms with van der Waals surface area (Å²) in [5.41, 5.74) is 0.998. The number of ether oxygens (including phenoxy) is 1. The molecule has 25 heavy (non-hydrogen) atoms. The van der Waals surface area contributed by atoms with Gasteiger partial charge in [-0.3, -0.25) is 4.79 Å². The van der Waals surface area contributed by atoms with E-state index in [0.717, 1.165) is 23.9 Å². The molecule has 0 spiro atoms. The quantitative estimate of drug-likeness (QED) is 0.598. The standard InChI is InChI=1S/C21H25N2O2/c1-4-5-12-25-20-15-23(14-16(2)3)21(24)18-9-8-17(13-19(18)20)22-10-6-7-11-22/h6-11,13,16H,4-5,12,14H2,1-3H3. The molecule has 3 aromatic rings. The van der Waals surface area contributed by atoms with Crippen molar-refractivity contribution in [2.45, 2.75) is 40.2 Å². The van der Waals surface area contributed by atoms with Crippen molar-refractivity contribution in [1.29, 1.82) is 0 Å². The van der Waals surface area contributed by atoms with Gasteiger partial charge in [0.25, 0.3) is 5.56 Å². The maximum atomic E-state index is 12.8. The van der Waals surface area contributed by atoms with Crippen molar-refractivity contribution in [2.75, 3.05) is 6.61 Å². The van der Waals surface area contributed by atoms with E-state index in [0.29, 0.717) is 30.2 Å². The van der Waals surface area contributed by atoms with Crippen LogP contribution in [0, 0.1) is 12.1 Å². The van der Waals surface area contributed by atoms with E-state index in [-0.39, 0.29) is 5.56 Å². The molecule has 0 aliphatic carbocycles. The molecule has 0 saturated heterocycles. The third kappa shape index (κ3) is 3.78. The topological polar surface area (TPSA) is 36.2 Å². The minimum atomic E-state index is -0.00871. The average Bonchev–Trinajstić information content (AvgIpc) is 3.12. The van der Waals surface area contributed by atoms with Gasteiger partial charge in [-0.15, -0.1) is 0 Å². The zero-order valence-corrected chi connectivity index (χ0v) is 15.2. The Hall–Kier alpha value is -2.49. The van der Waals surface area contributed by atoms with Gasteiger partial charge in [-0.2, -0.15) is 0 Å². The number of pyridine rings is 1. The predicted octanol–water partition coefficient (Wildman–Crippen LogP) is 4.43. The lowest BCUT2D eigenvalue weighted by Gasteiger charge is -2.15. The van der Waals surface area contributed by atoms with Gasteiger partial charge < -0.3 is 13.9 Å². The van der Waals surface area contributed by atoms with E-state index in [1.54, 1.807) is 4.57 Å². The summed E-state index contributed by atoms with van der Waals surface area (Å²) < 4.78 is 9.66. The fourth-order valence-corrected chi connectivity index (χ4v) is 2.88. The molecule has 0 unspecified atom stereocenters. The molecule has 0 N–H and O–H groups in total. The molecule has 4 heteroatoms. The van der Waals surface area contributed by atoms with Crippen molar-refractivity contribution in [2.24, 2.45) is 5.92 Å². The summed E-state index contributed by atoms with van der Waals surface area (Å²) >= 11 is 0. The Bertz CT molecular complexity index is 892. The van der Waals surface area contributed by atoms with Crippen LogP contribution in [-0.4, -0.2) is 15.7 Å². The van der Waals surface area contributed by atoms with E-state index in [4.69, 9.17) is 4.74 Å². The summed E-state index contributed by atoms with van der Waals surface area (Å²) in [5, 5.41) is 1.51. The molecule has 0 saturated carbocycles. The van der Waals surface area contributed by atoms with Crippen LogP contribution in [0.3, 0.4) is 0 Å². The highest BCUT2D eigenvalue weighted by atomic mass is 16.5. The first-order valence-corrected chi connectivity index (χ1v) is 8.96. The van der Waals surface area contributed by atoms with Crippen molar-refractivity contribution in [1.82, 2.24) is 9.13 Å². The molecule has 0 aliphatic heterocycles. The van der Waals surface area contributed by atoms with Crippen LogP contribution in [0.1, 0.15) is 33.6 Å². The normalized spacial score (nSPS) is 11.4. The third-order valence-electron chi connectivity index (χ3n) is 4.15. The summed E-state index contributed by atoms with van der Waals surface area (Å²) in [4.78, 5) is 12.8. The van der Waals surface area contributed by atoms with E-state index in [2.05, 4.69) is 27.0 Å². The first kappa shape index (κ1) is 17.3. The van der Waals surface area contributed by atoms with E-state index in [1.165, 1.54) is 0 Å². The number of unbranched alkanes of at least 4 members (excludes halogenated alkanes) is 1. The van der Waals surface area contributed by atoms with Crippen LogP contribution in [0.25, 0.3) is 16.5 Å². The number of hydrogen-bond acceptors (Lipinski definition) is 2. The van der Waals surface area contributed by atoms with E-state index >= 15 is 0 Å². The average molecular weight is 337 g/mol. The molecule has 1 radical (unpaired) electrons. The fourth-order valence-electron chi connectivity index (χ4n) is 2.88. The van der Waals surface area contributed by atoms with Gasteiger partial charge in [0.05, 0.1) is 12.0 Å². The van der Waals surface area contributed by atoms with Gasteiger partial charge in [-0.25, -0.2) is 0 Å². The Labute approximate surface area is 148 Å². The number of aromatic nitrogens is 2. The van der Waals surface area contributed by atoms with Gasteiger partial charge in [0.2, 0.25) is 0 Å². The predicted molar refractivity (Wildman–Crippen MR) is 102 cm³/mol. The van der Waals surface area contributed by atoms with Crippen molar-refractivity contribution in [3.8, 4) is 11.4 Å². The van der Waals surface area contributed by atoms with Gasteiger partial charge >= 0.3 is 0 Å². The molecule has 0 bridgehead atoms. The van der Waals surface area contributed by atoms with Crippen LogP contribution in [-0.2, 0) is 6.54 Å². The second kappa shape index (κ2) is 7.60. The summed E-state index contributed by atoms with van der Waals surface area (Å²) in [7, 11) is 0. The maximum Gasteiger partial charge on any atom is 0.259 e. The molecule has 0 atom stereocenters. The van der Waals surface area contributed by atoms with Gasteiger partial charge in [0, 0.05) is 30.0 Å². The molecule has 131 valence electrons. The Morgan fingerprint density at radius 1 is 1.16 bits per heavy atom. The molecule has 0 fully saturated rings. The summed E-state index contributed by atoms with van der Waals surface area (Å²) in [5.74, 6) is 1.03. The van der Waals surface area contributed by atoms with Crippen LogP contribution >= 0.6 is 0 Å². The van der Waals surface area contributed by atoms with Crippen LogP contribution in [0.2, 0.25) is 0 Å². The van der Waals surface area contributed by atoms with Crippen molar-refractivity contribution >= 4 is 10.8 Å². The Balaban J connectivity index is 2.13. The van der Waals surface area contributed by atoms with Crippen molar-refractivity contribution in [3.63, 3.8) is 0 Å². The Kier molecular flexibility index (Phi) is 5.27. The van der Waals surface area contributed by atoms with E-state index in [9.17, 15) is 4.79 Å². The summed E-state index contributed by atoms with van der Waals surface area (Å²) in [6.07, 6.45) is 9.22. The van der Waals surface area contributed by atoms with Gasteiger partial charge in [0.15, 0.2) is 5.75 Å². The molecule has 2 aromatic heterocycles. The molecule has 1 aromatic carbocycles. The Morgan fingerprint density at radius 2 is 1.92 bits per heavy atom. The molecule has 0 aliphatic rings. The second-order valence-corrected chi connectivity index (χ2v) is 6.77. The highest BCUT2D eigenvalue weighted by molar-refractivity contribution is 5.88. The smallest absolute Gasteiger partial charge is 0.259 e. The highest BCUT2D eigenvalue weighted by Gasteiger charge is 2.13. The first-order valence-electron chi connectivity index (χ1n) is 8.96. The summed E-state index contributed by atoms with van der Waals surface area (Å²) in [6, 6.07) is 9.84. The van der Waals surface area contributed by atoms with Crippen LogP contribution in [0.15, 0.2) is 47.5 Å². The minimum Gasteiger partial charge on any atom is -0.491 e. The van der Waals surface area contributed by atoms with E-state index in [1.807, 2.05) is 47.3 Å². The number of nitrogens with zero attached hydrogens (tertiary/aromatic N) is 2. The van der Waals surface area contributed by atoms with Crippen LogP contribution < -0.4 is 10.3 Å². The molecule has 0 amide bonds.